The van der Waals surface area contributed by atoms with Gasteiger partial charge >= 0.3 is 0 Å². The summed E-state index contributed by atoms with van der Waals surface area (Å²) < 4.78 is 47.4. The molecule has 3 aromatic carbocycles. The molecule has 12 nitrogen and oxygen atoms in total. The molecule has 0 bridgehead atoms. The predicted molar refractivity (Wildman–Crippen MR) is 185 cm³/mol. The second kappa shape index (κ2) is 16.7. The SMILES string of the molecule is C[C@H](CO)N1C[C@H](C)[C@@H](CN(C)S(=O)(=O)c2ccc(F)cc2)Oc2ccc(NC(=O)CCCCCC(=O)Nc3ccccc3N)cc2C1=O. The number of para-hydroxylation sites is 2. The second-order valence-corrected chi connectivity index (χ2v) is 14.4. The van der Waals surface area contributed by atoms with Crippen molar-refractivity contribution in [3.8, 4) is 5.75 Å². The van der Waals surface area contributed by atoms with Crippen LogP contribution in [0.2, 0.25) is 0 Å². The van der Waals surface area contributed by atoms with Crippen LogP contribution >= 0.6 is 0 Å². The summed E-state index contributed by atoms with van der Waals surface area (Å²) in [5.74, 6) is -1.52. The Morgan fingerprint density at radius 3 is 2.35 bits per heavy atom. The van der Waals surface area contributed by atoms with Gasteiger partial charge in [-0.1, -0.05) is 25.5 Å². The first-order valence-electron chi connectivity index (χ1n) is 16.2. The van der Waals surface area contributed by atoms with Crippen molar-refractivity contribution in [1.82, 2.24) is 9.21 Å². The molecule has 4 rings (SSSR count). The van der Waals surface area contributed by atoms with Gasteiger partial charge in [-0.2, -0.15) is 4.31 Å². The number of carbonyl (C=O) groups excluding carboxylic acids is 3. The van der Waals surface area contributed by atoms with Gasteiger partial charge in [0.2, 0.25) is 21.8 Å². The number of nitrogens with one attached hydrogen (secondary N) is 2. The normalized spacial score (nSPS) is 17.0. The molecular weight excluding hydrogens is 653 g/mol. The number of nitrogens with zero attached hydrogens (tertiary/aromatic N) is 2. The molecule has 0 aliphatic carbocycles. The van der Waals surface area contributed by atoms with E-state index in [4.69, 9.17) is 10.5 Å². The van der Waals surface area contributed by atoms with Crippen molar-refractivity contribution in [2.24, 2.45) is 5.92 Å². The number of ether oxygens (including phenoxy) is 1. The van der Waals surface area contributed by atoms with Gasteiger partial charge < -0.3 is 31.1 Å². The summed E-state index contributed by atoms with van der Waals surface area (Å²) >= 11 is 0. The number of nitrogen functional groups attached to an aromatic ring is 1. The summed E-state index contributed by atoms with van der Waals surface area (Å²) in [5, 5.41) is 15.5. The Morgan fingerprint density at radius 1 is 1.04 bits per heavy atom. The molecule has 3 amide bonds. The van der Waals surface area contributed by atoms with Crippen LogP contribution in [0.15, 0.2) is 71.6 Å². The predicted octanol–water partition coefficient (Wildman–Crippen LogP) is 4.48. The number of likely N-dealkylation sites (N-methyl/N-ethyl adjacent to an activating group) is 1. The fraction of sp³-hybridized carbons (Fsp3) is 0.400. The van der Waals surface area contributed by atoms with Crippen LogP contribution < -0.4 is 21.1 Å². The van der Waals surface area contributed by atoms with E-state index in [1.165, 1.54) is 30.1 Å². The van der Waals surface area contributed by atoms with Crippen LogP contribution in [-0.2, 0) is 19.6 Å². The third-order valence-corrected chi connectivity index (χ3v) is 10.3. The van der Waals surface area contributed by atoms with Gasteiger partial charge in [-0.25, -0.2) is 12.8 Å². The number of amides is 3. The third kappa shape index (κ3) is 9.77. The van der Waals surface area contributed by atoms with Gasteiger partial charge in [-0.15, -0.1) is 0 Å². The molecule has 1 aliphatic rings. The molecule has 49 heavy (non-hydrogen) atoms. The van der Waals surface area contributed by atoms with E-state index in [1.54, 1.807) is 43.3 Å². The monoisotopic (exact) mass is 697 g/mol. The van der Waals surface area contributed by atoms with Crippen molar-refractivity contribution in [3.63, 3.8) is 0 Å². The molecule has 0 fully saturated rings. The van der Waals surface area contributed by atoms with E-state index in [1.807, 2.05) is 6.92 Å². The van der Waals surface area contributed by atoms with Crippen LogP contribution in [-0.4, -0.2) is 79.3 Å². The van der Waals surface area contributed by atoms with Crippen molar-refractivity contribution in [2.45, 2.75) is 63.0 Å². The number of benzene rings is 3. The lowest BCUT2D eigenvalue weighted by molar-refractivity contribution is -0.116. The average Bonchev–Trinajstić information content (AvgIpc) is 3.07. The molecule has 0 radical (unpaired) electrons. The summed E-state index contributed by atoms with van der Waals surface area (Å²) in [4.78, 5) is 40.2. The van der Waals surface area contributed by atoms with Gasteiger partial charge in [0.05, 0.1) is 41.0 Å². The molecule has 1 heterocycles. The molecule has 0 unspecified atom stereocenters. The first kappa shape index (κ1) is 37.3. The highest BCUT2D eigenvalue weighted by Crippen LogP contribution is 2.31. The molecule has 5 N–H and O–H groups in total. The Hall–Kier alpha value is -4.53. The van der Waals surface area contributed by atoms with Crippen molar-refractivity contribution >= 4 is 44.8 Å². The number of hydrogen-bond acceptors (Lipinski definition) is 8. The number of fused-ring (bicyclic) bond motifs is 1. The molecule has 0 spiro atoms. The van der Waals surface area contributed by atoms with Crippen molar-refractivity contribution < 1.29 is 37.0 Å². The number of nitrogens with two attached hydrogens (primary N) is 1. The molecule has 1 aliphatic heterocycles. The van der Waals surface area contributed by atoms with Crippen LogP contribution in [0, 0.1) is 11.7 Å². The molecule has 0 saturated heterocycles. The third-order valence-electron chi connectivity index (χ3n) is 8.45. The van der Waals surface area contributed by atoms with Crippen LogP contribution in [0.25, 0.3) is 0 Å². The van der Waals surface area contributed by atoms with E-state index in [0.717, 1.165) is 16.4 Å². The number of carbonyl (C=O) groups is 3. The minimum absolute atomic E-state index is 0.0689. The zero-order chi connectivity index (χ0) is 35.7. The number of sulfonamides is 1. The van der Waals surface area contributed by atoms with E-state index in [0.29, 0.717) is 42.7 Å². The standard InChI is InChI=1S/C35H44FN5O7S/c1-23-20-41(24(2)22-42)35(45)28-19-26(38-33(43)11-5-4-6-12-34(44)39-30-10-8-7-9-29(30)37)15-18-31(28)48-32(23)21-40(3)49(46,47)27-16-13-25(36)14-17-27/h7-10,13-19,23-24,32,42H,4-6,11-12,20-22,37H2,1-3H3,(H,38,43)(H,39,44)/t23-,24+,32+/m0/s1. The Bertz CT molecular complexity index is 1740. The lowest BCUT2D eigenvalue weighted by Crippen LogP contribution is -2.50. The maximum atomic E-state index is 13.8. The van der Waals surface area contributed by atoms with E-state index in [9.17, 15) is 32.3 Å². The molecule has 14 heteroatoms. The quantitative estimate of drug-likeness (QED) is 0.141. The first-order valence-corrected chi connectivity index (χ1v) is 17.6. The van der Waals surface area contributed by atoms with Crippen molar-refractivity contribution in [2.75, 3.05) is 43.1 Å². The molecule has 0 saturated carbocycles. The number of anilines is 3. The summed E-state index contributed by atoms with van der Waals surface area (Å²) in [7, 11) is -2.57. The number of hydrogen-bond donors (Lipinski definition) is 4. The van der Waals surface area contributed by atoms with Crippen LogP contribution in [0.5, 0.6) is 5.75 Å². The van der Waals surface area contributed by atoms with Gasteiger partial charge in [0.25, 0.3) is 5.91 Å². The lowest BCUT2D eigenvalue weighted by Gasteiger charge is -2.38. The largest absolute Gasteiger partial charge is 0.488 e. The maximum absolute atomic E-state index is 13.8. The summed E-state index contributed by atoms with van der Waals surface area (Å²) in [5.41, 5.74) is 7.45. The number of halogens is 1. The van der Waals surface area contributed by atoms with E-state index < -0.39 is 33.9 Å². The first-order chi connectivity index (χ1) is 23.3. The highest BCUT2D eigenvalue weighted by molar-refractivity contribution is 7.89. The molecule has 264 valence electrons. The zero-order valence-electron chi connectivity index (χ0n) is 27.9. The highest BCUT2D eigenvalue weighted by Gasteiger charge is 2.35. The molecule has 3 atom stereocenters. The molecule has 0 aromatic heterocycles. The maximum Gasteiger partial charge on any atom is 0.258 e. The van der Waals surface area contributed by atoms with Gasteiger partial charge in [-0.3, -0.25) is 14.4 Å². The average molecular weight is 698 g/mol. The van der Waals surface area contributed by atoms with Gasteiger partial charge in [0, 0.05) is 38.0 Å². The minimum atomic E-state index is -3.98. The van der Waals surface area contributed by atoms with Crippen LogP contribution in [0.1, 0.15) is 56.3 Å². The van der Waals surface area contributed by atoms with Crippen LogP contribution in [0.3, 0.4) is 0 Å². The highest BCUT2D eigenvalue weighted by atomic mass is 32.2. The number of aliphatic hydroxyl groups is 1. The smallest absolute Gasteiger partial charge is 0.258 e. The summed E-state index contributed by atoms with van der Waals surface area (Å²) in [6, 6.07) is 15.7. The van der Waals surface area contributed by atoms with Gasteiger partial charge in [-0.05, 0) is 74.4 Å². The zero-order valence-corrected chi connectivity index (χ0v) is 28.7. The fourth-order valence-electron chi connectivity index (χ4n) is 5.45. The Balaban J connectivity index is 1.40. The molecular formula is C35H44FN5O7S. The van der Waals surface area contributed by atoms with Gasteiger partial charge in [0.15, 0.2) is 0 Å². The topological polar surface area (TPSA) is 171 Å². The van der Waals surface area contributed by atoms with Gasteiger partial charge in [0.1, 0.15) is 17.7 Å². The summed E-state index contributed by atoms with van der Waals surface area (Å²) in [6.45, 7) is 3.34. The van der Waals surface area contributed by atoms with E-state index >= 15 is 0 Å². The Kier molecular flexibility index (Phi) is 12.7. The van der Waals surface area contributed by atoms with E-state index in [-0.39, 0.29) is 60.1 Å². The number of rotatable bonds is 14. The Labute approximate surface area is 286 Å². The van der Waals surface area contributed by atoms with Crippen molar-refractivity contribution in [3.05, 3.63) is 78.1 Å². The number of unbranched alkanes of at least 4 members (excludes halogenated alkanes) is 2. The molecule has 3 aromatic rings. The minimum Gasteiger partial charge on any atom is -0.488 e. The fourth-order valence-corrected chi connectivity index (χ4v) is 6.63. The summed E-state index contributed by atoms with van der Waals surface area (Å²) in [6.07, 6.45) is 1.59. The number of aliphatic hydroxyl groups excluding tert-OH is 1. The van der Waals surface area contributed by atoms with E-state index in [2.05, 4.69) is 10.6 Å². The lowest BCUT2D eigenvalue weighted by atomic mass is 9.99. The Morgan fingerprint density at radius 2 is 1.69 bits per heavy atom. The van der Waals surface area contributed by atoms with Crippen molar-refractivity contribution in [1.29, 1.82) is 0 Å². The second-order valence-electron chi connectivity index (χ2n) is 12.3. The van der Waals surface area contributed by atoms with Crippen LogP contribution in [0.4, 0.5) is 21.5 Å².